The van der Waals surface area contributed by atoms with Crippen molar-refractivity contribution in [1.82, 2.24) is 19.5 Å². The minimum Gasteiger partial charge on any atom is -0.308 e. The number of fused-ring (bicyclic) bond motifs is 3. The van der Waals surface area contributed by atoms with Crippen LogP contribution < -0.4 is 0 Å². The van der Waals surface area contributed by atoms with E-state index in [0.717, 1.165) is 38.6 Å². The van der Waals surface area contributed by atoms with E-state index in [-0.39, 0.29) is 0 Å². The highest BCUT2D eigenvalue weighted by Crippen LogP contribution is 2.37. The Morgan fingerprint density at radius 2 is 1.26 bits per heavy atom. The smallest absolute Gasteiger partial charge is 0.165 e. The number of rotatable bonds is 3. The largest absolute Gasteiger partial charge is 0.308 e. The van der Waals surface area contributed by atoms with Crippen molar-refractivity contribution in [2.45, 2.75) is 13.8 Å². The third kappa shape index (κ3) is 4.03. The van der Waals surface area contributed by atoms with Crippen LogP contribution in [-0.4, -0.2) is 19.5 Å². The first-order valence-electron chi connectivity index (χ1n) is 12.2. The fourth-order valence-electron chi connectivity index (χ4n) is 5.05. The number of aryl methyl sites for hydroxylation is 2. The number of nitriles is 3. The third-order valence-corrected chi connectivity index (χ3v) is 6.66. The minimum absolute atomic E-state index is 0.430. The van der Waals surface area contributed by atoms with Gasteiger partial charge in [-0.3, -0.25) is 0 Å². The van der Waals surface area contributed by atoms with Gasteiger partial charge in [0.05, 0.1) is 51.6 Å². The molecule has 0 fully saturated rings. The Bertz CT molecular complexity index is 2030. The standard InChI is InChI=1S/C32H19N7/c1-19-36-20(2)38-32(37-19)28-14-21(16-33)7-10-30(28)39-29-6-4-3-5-26(29)27-9-8-24(15-31(27)39)25-12-22(17-34)11-23(13-25)18-35/h3-15H,1-2H3. The van der Waals surface area contributed by atoms with E-state index < -0.39 is 0 Å². The Kier molecular flexibility index (Phi) is 5.57. The van der Waals surface area contributed by atoms with Crippen molar-refractivity contribution < 1.29 is 0 Å². The fraction of sp³-hybridized carbons (Fsp3) is 0.0625. The van der Waals surface area contributed by atoms with Gasteiger partial charge in [0.15, 0.2) is 5.82 Å². The quantitative estimate of drug-likeness (QED) is 0.272. The molecule has 2 heterocycles. The lowest BCUT2D eigenvalue weighted by molar-refractivity contribution is 0.926. The lowest BCUT2D eigenvalue weighted by atomic mass is 9.99. The van der Waals surface area contributed by atoms with Crippen molar-refractivity contribution in [3.8, 4) is 46.4 Å². The zero-order chi connectivity index (χ0) is 27.1. The van der Waals surface area contributed by atoms with Crippen LogP contribution >= 0.6 is 0 Å². The molecule has 0 saturated heterocycles. The lowest BCUT2D eigenvalue weighted by Crippen LogP contribution is -2.03. The van der Waals surface area contributed by atoms with Gasteiger partial charge >= 0.3 is 0 Å². The number of para-hydroxylation sites is 1. The van der Waals surface area contributed by atoms with Crippen molar-refractivity contribution >= 4 is 21.8 Å². The van der Waals surface area contributed by atoms with Crippen LogP contribution in [0.25, 0.3) is 50.0 Å². The van der Waals surface area contributed by atoms with Gasteiger partial charge in [-0.1, -0.05) is 30.3 Å². The molecular weight excluding hydrogens is 482 g/mol. The number of aromatic nitrogens is 4. The summed E-state index contributed by atoms with van der Waals surface area (Å²) < 4.78 is 2.15. The maximum atomic E-state index is 9.68. The molecule has 6 rings (SSSR count). The predicted octanol–water partition coefficient (Wildman–Crippen LogP) is 6.53. The Morgan fingerprint density at radius 3 is 1.95 bits per heavy atom. The van der Waals surface area contributed by atoms with Crippen LogP contribution in [0.4, 0.5) is 0 Å². The number of hydrogen-bond donors (Lipinski definition) is 0. The topological polar surface area (TPSA) is 115 Å². The third-order valence-electron chi connectivity index (χ3n) is 6.66. The van der Waals surface area contributed by atoms with E-state index in [2.05, 4.69) is 62.0 Å². The first-order chi connectivity index (χ1) is 19.0. The van der Waals surface area contributed by atoms with Crippen LogP contribution in [0.3, 0.4) is 0 Å². The SMILES string of the molecule is Cc1nc(C)nc(-c2cc(C#N)ccc2-n2c3ccccc3c3ccc(-c4cc(C#N)cc(C#N)c4)cc32)n1. The summed E-state index contributed by atoms with van der Waals surface area (Å²) in [5.74, 6) is 1.69. The molecule has 2 aromatic heterocycles. The van der Waals surface area contributed by atoms with Crippen molar-refractivity contribution in [3.63, 3.8) is 0 Å². The molecule has 7 nitrogen and oxygen atoms in total. The monoisotopic (exact) mass is 501 g/mol. The van der Waals surface area contributed by atoms with Crippen LogP contribution in [-0.2, 0) is 0 Å². The van der Waals surface area contributed by atoms with E-state index in [4.69, 9.17) is 0 Å². The summed E-state index contributed by atoms with van der Waals surface area (Å²) in [7, 11) is 0. The number of benzene rings is 4. The van der Waals surface area contributed by atoms with Crippen molar-refractivity contribution in [2.24, 2.45) is 0 Å². The number of hydrogen-bond acceptors (Lipinski definition) is 6. The van der Waals surface area contributed by atoms with E-state index in [1.54, 1.807) is 24.3 Å². The predicted molar refractivity (Wildman–Crippen MR) is 149 cm³/mol. The molecule has 0 saturated carbocycles. The minimum atomic E-state index is 0.430. The molecule has 0 spiro atoms. The molecule has 0 aliphatic carbocycles. The average molecular weight is 502 g/mol. The molecular formula is C32H19N7. The molecule has 182 valence electrons. The van der Waals surface area contributed by atoms with Crippen LogP contribution in [0, 0.1) is 47.8 Å². The van der Waals surface area contributed by atoms with Gasteiger partial charge in [-0.05, 0) is 73.5 Å². The maximum absolute atomic E-state index is 9.68. The normalized spacial score (nSPS) is 10.7. The Labute approximate surface area is 224 Å². The summed E-state index contributed by atoms with van der Waals surface area (Å²) in [4.78, 5) is 13.5. The van der Waals surface area contributed by atoms with Gasteiger partial charge in [-0.25, -0.2) is 15.0 Å². The summed E-state index contributed by atoms with van der Waals surface area (Å²) >= 11 is 0. The van der Waals surface area contributed by atoms with Crippen molar-refractivity contribution in [1.29, 1.82) is 15.8 Å². The molecule has 0 unspecified atom stereocenters. The highest BCUT2D eigenvalue weighted by Gasteiger charge is 2.19. The summed E-state index contributed by atoms with van der Waals surface area (Å²) in [5.41, 5.74) is 6.49. The lowest BCUT2D eigenvalue weighted by Gasteiger charge is -2.14. The maximum Gasteiger partial charge on any atom is 0.165 e. The van der Waals surface area contributed by atoms with Gasteiger partial charge in [-0.2, -0.15) is 15.8 Å². The molecule has 6 aromatic rings. The Morgan fingerprint density at radius 1 is 0.590 bits per heavy atom. The van der Waals surface area contributed by atoms with Crippen LogP contribution in [0.1, 0.15) is 28.3 Å². The molecule has 0 bridgehead atoms. The van der Waals surface area contributed by atoms with Gasteiger partial charge in [0.1, 0.15) is 11.6 Å². The molecule has 0 radical (unpaired) electrons. The van der Waals surface area contributed by atoms with Gasteiger partial charge < -0.3 is 4.57 Å². The zero-order valence-electron chi connectivity index (χ0n) is 21.1. The van der Waals surface area contributed by atoms with Crippen molar-refractivity contribution in [2.75, 3.05) is 0 Å². The molecule has 0 aliphatic rings. The van der Waals surface area contributed by atoms with Crippen LogP contribution in [0.2, 0.25) is 0 Å². The van der Waals surface area contributed by atoms with Gasteiger partial charge in [0.25, 0.3) is 0 Å². The summed E-state index contributed by atoms with van der Waals surface area (Å²) in [6.07, 6.45) is 0. The van der Waals surface area contributed by atoms with E-state index in [9.17, 15) is 15.8 Å². The molecule has 0 amide bonds. The first kappa shape index (κ1) is 23.6. The summed E-state index contributed by atoms with van der Waals surface area (Å²) in [6.45, 7) is 3.65. The first-order valence-corrected chi connectivity index (χ1v) is 12.2. The Balaban J connectivity index is 1.70. The fourth-order valence-corrected chi connectivity index (χ4v) is 5.05. The Hall–Kier alpha value is -5.84. The van der Waals surface area contributed by atoms with Gasteiger partial charge in [0.2, 0.25) is 0 Å². The van der Waals surface area contributed by atoms with E-state index in [0.29, 0.717) is 39.7 Å². The number of nitrogens with zero attached hydrogens (tertiary/aromatic N) is 7. The molecule has 0 aliphatic heterocycles. The summed E-state index contributed by atoms with van der Waals surface area (Å²) in [6, 6.07) is 31.5. The van der Waals surface area contributed by atoms with E-state index in [1.807, 2.05) is 44.2 Å². The zero-order valence-corrected chi connectivity index (χ0v) is 21.1. The second-order valence-corrected chi connectivity index (χ2v) is 9.20. The van der Waals surface area contributed by atoms with Gasteiger partial charge in [0, 0.05) is 16.3 Å². The van der Waals surface area contributed by atoms with Crippen LogP contribution in [0.15, 0.2) is 78.9 Å². The van der Waals surface area contributed by atoms with E-state index in [1.165, 1.54) is 0 Å². The molecule has 7 heteroatoms. The second kappa shape index (κ2) is 9.23. The highest BCUT2D eigenvalue weighted by atomic mass is 15.0. The average Bonchev–Trinajstić information content (AvgIpc) is 3.29. The highest BCUT2D eigenvalue weighted by molar-refractivity contribution is 6.10. The van der Waals surface area contributed by atoms with Gasteiger partial charge in [-0.15, -0.1) is 0 Å². The molecule has 39 heavy (non-hydrogen) atoms. The molecule has 0 N–H and O–H groups in total. The van der Waals surface area contributed by atoms with E-state index >= 15 is 0 Å². The molecule has 4 aromatic carbocycles. The second-order valence-electron chi connectivity index (χ2n) is 9.20. The summed E-state index contributed by atoms with van der Waals surface area (Å²) in [5, 5.41) is 30.8. The van der Waals surface area contributed by atoms with Crippen LogP contribution in [0.5, 0.6) is 0 Å². The molecule has 0 atom stereocenters. The van der Waals surface area contributed by atoms with Crippen molar-refractivity contribution in [3.05, 3.63) is 107 Å².